The van der Waals surface area contributed by atoms with E-state index in [1.54, 1.807) is 0 Å². The Morgan fingerprint density at radius 1 is 1.39 bits per heavy atom. The average molecular weight is 254 g/mol. The standard InChI is InChI=1S/C14H26N2O2/c1-10-12(6-8-18-10)16-13(17)14(2,3)11-5-4-7-15-9-11/h10-12,15H,4-9H2,1-3H3,(H,16,17). The molecule has 0 aromatic rings. The van der Waals surface area contributed by atoms with Crippen LogP contribution in [0.15, 0.2) is 0 Å². The van der Waals surface area contributed by atoms with E-state index in [1.807, 2.05) is 6.92 Å². The monoisotopic (exact) mass is 254 g/mol. The van der Waals surface area contributed by atoms with Gasteiger partial charge in [0.2, 0.25) is 5.91 Å². The van der Waals surface area contributed by atoms with Gasteiger partial charge in [0, 0.05) is 12.0 Å². The second-order valence-corrected chi connectivity index (χ2v) is 6.21. The number of carbonyl (C=O) groups is 1. The van der Waals surface area contributed by atoms with Crippen LogP contribution in [-0.4, -0.2) is 37.7 Å². The molecule has 0 spiro atoms. The molecule has 18 heavy (non-hydrogen) atoms. The molecule has 4 heteroatoms. The van der Waals surface area contributed by atoms with E-state index < -0.39 is 0 Å². The van der Waals surface area contributed by atoms with Gasteiger partial charge in [-0.1, -0.05) is 13.8 Å². The molecular formula is C14H26N2O2. The third-order valence-corrected chi connectivity index (χ3v) is 4.60. The highest BCUT2D eigenvalue weighted by atomic mass is 16.5. The lowest BCUT2D eigenvalue weighted by Crippen LogP contribution is -2.51. The second-order valence-electron chi connectivity index (χ2n) is 6.21. The Hall–Kier alpha value is -0.610. The van der Waals surface area contributed by atoms with Gasteiger partial charge in [0.15, 0.2) is 0 Å². The van der Waals surface area contributed by atoms with Crippen molar-refractivity contribution in [1.29, 1.82) is 0 Å². The van der Waals surface area contributed by atoms with E-state index in [1.165, 1.54) is 6.42 Å². The summed E-state index contributed by atoms with van der Waals surface area (Å²) < 4.78 is 5.50. The third kappa shape index (κ3) is 2.86. The maximum absolute atomic E-state index is 12.5. The van der Waals surface area contributed by atoms with Crippen LogP contribution in [0.2, 0.25) is 0 Å². The van der Waals surface area contributed by atoms with Crippen LogP contribution in [0, 0.1) is 11.3 Å². The van der Waals surface area contributed by atoms with E-state index in [9.17, 15) is 4.79 Å². The van der Waals surface area contributed by atoms with Crippen molar-refractivity contribution in [3.05, 3.63) is 0 Å². The van der Waals surface area contributed by atoms with E-state index in [2.05, 4.69) is 24.5 Å². The summed E-state index contributed by atoms with van der Waals surface area (Å²) in [5.41, 5.74) is -0.296. The smallest absolute Gasteiger partial charge is 0.226 e. The summed E-state index contributed by atoms with van der Waals surface area (Å²) in [7, 11) is 0. The first-order chi connectivity index (χ1) is 8.51. The Balaban J connectivity index is 1.93. The molecule has 4 nitrogen and oxygen atoms in total. The van der Waals surface area contributed by atoms with Gasteiger partial charge in [0.25, 0.3) is 0 Å². The van der Waals surface area contributed by atoms with Crippen molar-refractivity contribution in [3.63, 3.8) is 0 Å². The van der Waals surface area contributed by atoms with Crippen molar-refractivity contribution < 1.29 is 9.53 Å². The van der Waals surface area contributed by atoms with Gasteiger partial charge in [-0.15, -0.1) is 0 Å². The molecule has 2 fully saturated rings. The van der Waals surface area contributed by atoms with E-state index in [0.717, 1.165) is 32.5 Å². The summed E-state index contributed by atoms with van der Waals surface area (Å²) >= 11 is 0. The predicted octanol–water partition coefficient (Wildman–Crippen LogP) is 1.31. The van der Waals surface area contributed by atoms with E-state index >= 15 is 0 Å². The van der Waals surface area contributed by atoms with Gasteiger partial charge in [-0.05, 0) is 45.2 Å². The molecule has 104 valence electrons. The molecule has 2 heterocycles. The highest BCUT2D eigenvalue weighted by molar-refractivity contribution is 5.82. The van der Waals surface area contributed by atoms with Crippen molar-refractivity contribution in [2.45, 2.75) is 52.2 Å². The molecule has 2 saturated heterocycles. The Labute approximate surface area is 110 Å². The quantitative estimate of drug-likeness (QED) is 0.798. The first-order valence-electron chi connectivity index (χ1n) is 7.15. The molecule has 2 aliphatic rings. The van der Waals surface area contributed by atoms with Gasteiger partial charge in [0.1, 0.15) is 0 Å². The van der Waals surface area contributed by atoms with Crippen LogP contribution in [0.3, 0.4) is 0 Å². The lowest BCUT2D eigenvalue weighted by atomic mass is 9.74. The van der Waals surface area contributed by atoms with Crippen molar-refractivity contribution >= 4 is 5.91 Å². The maximum Gasteiger partial charge on any atom is 0.226 e. The molecule has 2 aliphatic heterocycles. The minimum Gasteiger partial charge on any atom is -0.376 e. The van der Waals surface area contributed by atoms with Gasteiger partial charge in [0.05, 0.1) is 12.1 Å². The zero-order valence-electron chi connectivity index (χ0n) is 11.8. The summed E-state index contributed by atoms with van der Waals surface area (Å²) in [6.45, 7) is 8.98. The number of nitrogens with one attached hydrogen (secondary N) is 2. The van der Waals surface area contributed by atoms with Gasteiger partial charge in [-0.25, -0.2) is 0 Å². The molecule has 0 aromatic heterocycles. The van der Waals surface area contributed by atoms with Crippen LogP contribution in [0.1, 0.15) is 40.0 Å². The number of rotatable bonds is 3. The van der Waals surface area contributed by atoms with Crippen LogP contribution in [0.5, 0.6) is 0 Å². The van der Waals surface area contributed by atoms with Crippen molar-refractivity contribution in [3.8, 4) is 0 Å². The zero-order chi connectivity index (χ0) is 13.2. The number of amides is 1. The van der Waals surface area contributed by atoms with Crippen LogP contribution < -0.4 is 10.6 Å². The topological polar surface area (TPSA) is 50.4 Å². The molecule has 0 aromatic carbocycles. The van der Waals surface area contributed by atoms with Gasteiger partial charge >= 0.3 is 0 Å². The molecule has 0 aliphatic carbocycles. The van der Waals surface area contributed by atoms with Crippen LogP contribution in [0.25, 0.3) is 0 Å². The fraction of sp³-hybridized carbons (Fsp3) is 0.929. The predicted molar refractivity (Wildman–Crippen MR) is 71.3 cm³/mol. The SMILES string of the molecule is CC1OCCC1NC(=O)C(C)(C)C1CCCNC1. The lowest BCUT2D eigenvalue weighted by Gasteiger charge is -2.37. The summed E-state index contributed by atoms with van der Waals surface area (Å²) in [5, 5.41) is 6.57. The van der Waals surface area contributed by atoms with E-state index in [0.29, 0.717) is 5.92 Å². The largest absolute Gasteiger partial charge is 0.376 e. The summed E-state index contributed by atoms with van der Waals surface area (Å²) in [6.07, 6.45) is 3.40. The number of carbonyl (C=O) groups excluding carboxylic acids is 1. The van der Waals surface area contributed by atoms with Crippen molar-refractivity contribution in [1.82, 2.24) is 10.6 Å². The second kappa shape index (κ2) is 5.57. The van der Waals surface area contributed by atoms with Crippen molar-refractivity contribution in [2.24, 2.45) is 11.3 Å². The highest BCUT2D eigenvalue weighted by Crippen LogP contribution is 2.32. The minimum atomic E-state index is -0.296. The van der Waals surface area contributed by atoms with Gasteiger partial charge < -0.3 is 15.4 Å². The summed E-state index contributed by atoms with van der Waals surface area (Å²) in [4.78, 5) is 12.5. The van der Waals surface area contributed by atoms with E-state index in [4.69, 9.17) is 4.74 Å². The molecule has 2 N–H and O–H groups in total. The molecule has 0 saturated carbocycles. The Bertz CT molecular complexity index is 298. The van der Waals surface area contributed by atoms with Crippen LogP contribution in [-0.2, 0) is 9.53 Å². The Morgan fingerprint density at radius 2 is 2.17 bits per heavy atom. The first kappa shape index (κ1) is 13.8. The Morgan fingerprint density at radius 3 is 2.72 bits per heavy atom. The number of piperidine rings is 1. The fourth-order valence-corrected chi connectivity index (χ4v) is 2.93. The average Bonchev–Trinajstić information content (AvgIpc) is 2.76. The van der Waals surface area contributed by atoms with Crippen LogP contribution in [0.4, 0.5) is 0 Å². The molecule has 0 radical (unpaired) electrons. The summed E-state index contributed by atoms with van der Waals surface area (Å²) in [6, 6.07) is 0.188. The molecule has 2 rings (SSSR count). The van der Waals surface area contributed by atoms with Crippen molar-refractivity contribution in [2.75, 3.05) is 19.7 Å². The maximum atomic E-state index is 12.5. The summed E-state index contributed by atoms with van der Waals surface area (Å²) in [5.74, 6) is 0.613. The number of hydrogen-bond acceptors (Lipinski definition) is 3. The minimum absolute atomic E-state index is 0.147. The molecule has 1 amide bonds. The molecular weight excluding hydrogens is 228 g/mol. The number of hydrogen-bond donors (Lipinski definition) is 2. The van der Waals surface area contributed by atoms with Crippen LogP contribution >= 0.6 is 0 Å². The van der Waals surface area contributed by atoms with Gasteiger partial charge in [-0.2, -0.15) is 0 Å². The third-order valence-electron chi connectivity index (χ3n) is 4.60. The first-order valence-corrected chi connectivity index (χ1v) is 7.15. The normalized spacial score (nSPS) is 33.4. The number of ether oxygens (including phenoxy) is 1. The van der Waals surface area contributed by atoms with E-state index in [-0.39, 0.29) is 23.5 Å². The zero-order valence-corrected chi connectivity index (χ0v) is 11.8. The Kier molecular flexibility index (Phi) is 4.28. The fourth-order valence-electron chi connectivity index (χ4n) is 2.93. The molecule has 3 atom stereocenters. The van der Waals surface area contributed by atoms with Gasteiger partial charge in [-0.3, -0.25) is 4.79 Å². The molecule has 0 bridgehead atoms. The lowest BCUT2D eigenvalue weighted by molar-refractivity contribution is -0.133. The molecule has 3 unspecified atom stereocenters. The highest BCUT2D eigenvalue weighted by Gasteiger charge is 2.39.